The zero-order valence-corrected chi connectivity index (χ0v) is 26.5. The number of nitrogens with one attached hydrogen (secondary N) is 2. The van der Waals surface area contributed by atoms with Crippen LogP contribution in [0.4, 0.5) is 29.2 Å². The lowest BCUT2D eigenvalue weighted by Crippen LogP contribution is -2.60. The van der Waals surface area contributed by atoms with E-state index in [1.165, 1.54) is 36.5 Å². The highest BCUT2D eigenvalue weighted by molar-refractivity contribution is 7.93. The molecule has 3 heterocycles. The molecule has 0 radical (unpaired) electrons. The molecule has 0 bridgehead atoms. The smallest absolute Gasteiger partial charge is 0.267 e. The van der Waals surface area contributed by atoms with Gasteiger partial charge in [-0.3, -0.25) is 4.72 Å². The van der Waals surface area contributed by atoms with Crippen LogP contribution in [0.15, 0.2) is 77.8 Å². The van der Waals surface area contributed by atoms with Crippen molar-refractivity contribution in [2.45, 2.75) is 23.8 Å². The number of sulfonamides is 1. The minimum absolute atomic E-state index is 0.01000. The number of hydrogen-bond acceptors (Lipinski definition) is 9. The lowest BCUT2D eigenvalue weighted by atomic mass is 9.67. The number of sulfone groups is 1. The highest BCUT2D eigenvalue weighted by Crippen LogP contribution is 2.50. The molecule has 0 unspecified atom stereocenters. The van der Waals surface area contributed by atoms with E-state index < -0.39 is 53.7 Å². The predicted octanol–water partition coefficient (Wildman–Crippen LogP) is 6.28. The standard InChI is InChI=1S/C31H23F4N5O4S3/c32-20-7-2-1-5-18(20)29-39-26(19-6-3-10-23(25(19)35)40-47(43,44)28-21(33)8-4-9-22(28)34)27(45-29)24-11-12-36-30(38-24)37-17-13-31(14-17)15-46(41,42)16-31/h1-12,17,40H,13-16H2,(H,36,37,38). The van der Waals surface area contributed by atoms with Gasteiger partial charge in [-0.1, -0.05) is 24.3 Å². The van der Waals surface area contributed by atoms with Crippen molar-refractivity contribution in [3.05, 3.63) is 96.2 Å². The van der Waals surface area contributed by atoms with Crippen LogP contribution in [-0.2, 0) is 19.9 Å². The summed E-state index contributed by atoms with van der Waals surface area (Å²) in [6, 6.07) is 13.7. The average molecular weight is 702 g/mol. The minimum atomic E-state index is -4.90. The van der Waals surface area contributed by atoms with Crippen LogP contribution in [0, 0.1) is 28.7 Å². The fourth-order valence-corrected chi connectivity index (χ4v) is 10.6. The molecular formula is C31H23F4N5O4S3. The first-order valence-corrected chi connectivity index (χ1v) is 18.3. The molecule has 1 spiro atoms. The van der Waals surface area contributed by atoms with Crippen LogP contribution in [0.25, 0.3) is 32.4 Å². The lowest BCUT2D eigenvalue weighted by Gasteiger charge is -2.53. The first-order chi connectivity index (χ1) is 22.3. The summed E-state index contributed by atoms with van der Waals surface area (Å²) in [7, 11) is -7.87. The molecule has 1 saturated heterocycles. The molecule has 242 valence electrons. The molecule has 2 aromatic heterocycles. The fraction of sp³-hybridized carbons (Fsp3) is 0.194. The van der Waals surface area contributed by atoms with Crippen LogP contribution in [0.2, 0.25) is 0 Å². The summed E-state index contributed by atoms with van der Waals surface area (Å²) in [5.74, 6) is -3.81. The number of aromatic nitrogens is 3. The van der Waals surface area contributed by atoms with Crippen molar-refractivity contribution in [2.24, 2.45) is 5.41 Å². The summed E-state index contributed by atoms with van der Waals surface area (Å²) in [4.78, 5) is 12.5. The van der Waals surface area contributed by atoms with Crippen molar-refractivity contribution in [1.29, 1.82) is 0 Å². The van der Waals surface area contributed by atoms with Crippen molar-refractivity contribution < 1.29 is 34.4 Å². The zero-order valence-electron chi connectivity index (χ0n) is 24.0. The number of anilines is 2. The Balaban J connectivity index is 1.26. The minimum Gasteiger partial charge on any atom is -0.351 e. The number of nitrogens with zero attached hydrogens (tertiary/aromatic N) is 3. The maximum atomic E-state index is 16.2. The largest absolute Gasteiger partial charge is 0.351 e. The van der Waals surface area contributed by atoms with Crippen molar-refractivity contribution in [3.63, 3.8) is 0 Å². The summed E-state index contributed by atoms with van der Waals surface area (Å²) in [5.41, 5.74) is -0.547. The van der Waals surface area contributed by atoms with Gasteiger partial charge in [0.1, 0.15) is 22.5 Å². The Kier molecular flexibility index (Phi) is 7.56. The Bertz CT molecular complexity index is 2240. The van der Waals surface area contributed by atoms with E-state index in [2.05, 4.69) is 20.3 Å². The van der Waals surface area contributed by atoms with Crippen LogP contribution >= 0.6 is 11.3 Å². The Morgan fingerprint density at radius 3 is 2.19 bits per heavy atom. The second-order valence-corrected chi connectivity index (χ2v) is 16.2. The van der Waals surface area contributed by atoms with Crippen LogP contribution in [0.1, 0.15) is 12.8 Å². The molecule has 47 heavy (non-hydrogen) atoms. The zero-order chi connectivity index (χ0) is 33.1. The number of halogens is 4. The van der Waals surface area contributed by atoms with E-state index in [9.17, 15) is 30.0 Å². The second kappa shape index (κ2) is 11.4. The molecule has 5 aromatic rings. The number of thiazole rings is 1. The molecule has 3 aromatic carbocycles. The number of rotatable bonds is 8. The van der Waals surface area contributed by atoms with Gasteiger partial charge in [-0.25, -0.2) is 49.3 Å². The third-order valence-electron chi connectivity index (χ3n) is 8.05. The quantitative estimate of drug-likeness (QED) is 0.181. The first-order valence-electron chi connectivity index (χ1n) is 14.1. The van der Waals surface area contributed by atoms with Crippen LogP contribution in [0.3, 0.4) is 0 Å². The molecule has 1 aliphatic heterocycles. The SMILES string of the molecule is O=S1(=O)CC2(CC(Nc3nccc(-c4sc(-c5ccccc5F)nc4-c4cccc(NS(=O)(=O)c5c(F)cccc5F)c4F)n3)C2)C1. The third kappa shape index (κ3) is 5.85. The summed E-state index contributed by atoms with van der Waals surface area (Å²) in [6.07, 6.45) is 2.77. The van der Waals surface area contributed by atoms with Crippen LogP contribution in [-0.4, -0.2) is 49.3 Å². The first kappa shape index (κ1) is 31.2. The van der Waals surface area contributed by atoms with E-state index >= 15 is 4.39 Å². The average Bonchev–Trinajstić information content (AvgIpc) is 3.41. The predicted molar refractivity (Wildman–Crippen MR) is 169 cm³/mol. The lowest BCUT2D eigenvalue weighted by molar-refractivity contribution is 0.153. The van der Waals surface area contributed by atoms with Gasteiger partial charge in [0.25, 0.3) is 10.0 Å². The topological polar surface area (TPSA) is 131 Å². The Morgan fingerprint density at radius 1 is 0.830 bits per heavy atom. The van der Waals surface area contributed by atoms with Crippen molar-refractivity contribution >= 4 is 42.8 Å². The van der Waals surface area contributed by atoms with Gasteiger partial charge in [-0.15, -0.1) is 11.3 Å². The van der Waals surface area contributed by atoms with Gasteiger partial charge in [0.05, 0.1) is 33.5 Å². The van der Waals surface area contributed by atoms with Crippen molar-refractivity contribution in [2.75, 3.05) is 21.5 Å². The molecule has 2 aliphatic rings. The summed E-state index contributed by atoms with van der Waals surface area (Å²) in [5, 5.41) is 3.40. The van der Waals surface area contributed by atoms with E-state index in [1.54, 1.807) is 12.1 Å². The second-order valence-electron chi connectivity index (χ2n) is 11.5. The van der Waals surface area contributed by atoms with Crippen LogP contribution < -0.4 is 10.0 Å². The number of hydrogen-bond donors (Lipinski definition) is 2. The van der Waals surface area contributed by atoms with Crippen LogP contribution in [0.5, 0.6) is 0 Å². The normalized spacial score (nSPS) is 16.8. The fourth-order valence-electron chi connectivity index (χ4n) is 6.11. The summed E-state index contributed by atoms with van der Waals surface area (Å²) in [6.45, 7) is 0. The van der Waals surface area contributed by atoms with E-state index in [4.69, 9.17) is 0 Å². The molecule has 0 amide bonds. The van der Waals surface area contributed by atoms with E-state index in [1.807, 2.05) is 4.72 Å². The highest BCUT2D eigenvalue weighted by Gasteiger charge is 2.56. The Labute approximate surface area is 270 Å². The molecular weight excluding hydrogens is 679 g/mol. The van der Waals surface area contributed by atoms with E-state index in [0.717, 1.165) is 35.6 Å². The molecule has 7 rings (SSSR count). The summed E-state index contributed by atoms with van der Waals surface area (Å²) >= 11 is 1.02. The van der Waals surface area contributed by atoms with E-state index in [0.29, 0.717) is 23.4 Å². The maximum Gasteiger partial charge on any atom is 0.267 e. The molecule has 0 atom stereocenters. The van der Waals surface area contributed by atoms with Gasteiger partial charge in [-0.2, -0.15) is 0 Å². The Hall–Kier alpha value is -4.41. The van der Waals surface area contributed by atoms with Gasteiger partial charge in [-0.05, 0) is 55.3 Å². The van der Waals surface area contributed by atoms with Gasteiger partial charge in [0, 0.05) is 28.8 Å². The summed E-state index contributed by atoms with van der Waals surface area (Å²) < 4.78 is 111. The van der Waals surface area contributed by atoms with Crippen molar-refractivity contribution in [1.82, 2.24) is 15.0 Å². The highest BCUT2D eigenvalue weighted by atomic mass is 32.2. The Morgan fingerprint density at radius 2 is 1.49 bits per heavy atom. The molecule has 1 saturated carbocycles. The molecule has 2 N–H and O–H groups in total. The van der Waals surface area contributed by atoms with Gasteiger partial charge >= 0.3 is 0 Å². The molecule has 16 heteroatoms. The van der Waals surface area contributed by atoms with E-state index in [-0.39, 0.29) is 50.7 Å². The monoisotopic (exact) mass is 701 g/mol. The molecule has 1 aliphatic carbocycles. The third-order valence-corrected chi connectivity index (χ3v) is 12.7. The van der Waals surface area contributed by atoms with Gasteiger partial charge < -0.3 is 5.32 Å². The number of benzene rings is 3. The molecule has 9 nitrogen and oxygen atoms in total. The van der Waals surface area contributed by atoms with Gasteiger partial charge in [0.2, 0.25) is 5.95 Å². The van der Waals surface area contributed by atoms with Crippen molar-refractivity contribution in [3.8, 4) is 32.4 Å². The molecule has 2 fully saturated rings. The maximum absolute atomic E-state index is 16.2. The van der Waals surface area contributed by atoms with Gasteiger partial charge in [0.15, 0.2) is 20.5 Å².